The van der Waals surface area contributed by atoms with Gasteiger partial charge in [-0.3, -0.25) is 4.98 Å². The molecule has 0 amide bonds. The highest BCUT2D eigenvalue weighted by atomic mass is 35.5. The Morgan fingerprint density at radius 1 is 1.19 bits per heavy atom. The maximum absolute atomic E-state index is 11.7. The zero-order valence-corrected chi connectivity index (χ0v) is 8.86. The summed E-state index contributed by atoms with van der Waals surface area (Å²) in [4.78, 5) is 15.9. The SMILES string of the molecule is O=c1oc2cccnc2c2ccc(Cl)cc12. The monoisotopic (exact) mass is 231 g/mol. The number of fused-ring (bicyclic) bond motifs is 3. The molecule has 0 unspecified atom stereocenters. The number of nitrogens with zero attached hydrogens (tertiary/aromatic N) is 1. The fourth-order valence-corrected chi connectivity index (χ4v) is 1.89. The largest absolute Gasteiger partial charge is 0.421 e. The molecule has 3 rings (SSSR count). The molecule has 0 fully saturated rings. The van der Waals surface area contributed by atoms with Crippen LogP contribution in [0.5, 0.6) is 0 Å². The Balaban J connectivity index is 2.65. The van der Waals surface area contributed by atoms with Crippen molar-refractivity contribution in [1.29, 1.82) is 0 Å². The number of halogens is 1. The number of hydrogen-bond donors (Lipinski definition) is 0. The molecule has 3 nitrogen and oxygen atoms in total. The minimum absolute atomic E-state index is 0.391. The van der Waals surface area contributed by atoms with E-state index in [1.807, 2.05) is 0 Å². The van der Waals surface area contributed by atoms with E-state index in [2.05, 4.69) is 4.98 Å². The maximum atomic E-state index is 11.7. The second-order valence-electron chi connectivity index (χ2n) is 3.43. The zero-order chi connectivity index (χ0) is 11.1. The molecule has 0 N–H and O–H groups in total. The van der Waals surface area contributed by atoms with Crippen molar-refractivity contribution in [3.63, 3.8) is 0 Å². The molecule has 0 aliphatic heterocycles. The van der Waals surface area contributed by atoms with Gasteiger partial charge in [-0.25, -0.2) is 4.79 Å². The summed E-state index contributed by atoms with van der Waals surface area (Å²) in [5.41, 5.74) is 0.772. The Hall–Kier alpha value is -1.87. The lowest BCUT2D eigenvalue weighted by Gasteiger charge is -2.00. The average Bonchev–Trinajstić information content (AvgIpc) is 2.29. The molecular weight excluding hydrogens is 226 g/mol. The lowest BCUT2D eigenvalue weighted by Crippen LogP contribution is -2.00. The van der Waals surface area contributed by atoms with Crippen LogP contribution in [0, 0.1) is 0 Å². The van der Waals surface area contributed by atoms with Gasteiger partial charge in [0, 0.05) is 16.6 Å². The van der Waals surface area contributed by atoms with Crippen LogP contribution in [0.25, 0.3) is 21.9 Å². The minimum Gasteiger partial charge on any atom is -0.421 e. The van der Waals surface area contributed by atoms with Gasteiger partial charge in [0.2, 0.25) is 0 Å². The normalized spacial score (nSPS) is 11.1. The third-order valence-corrected chi connectivity index (χ3v) is 2.67. The third-order valence-electron chi connectivity index (χ3n) is 2.43. The van der Waals surface area contributed by atoms with Crippen LogP contribution in [0.3, 0.4) is 0 Å². The summed E-state index contributed by atoms with van der Waals surface area (Å²) >= 11 is 5.84. The van der Waals surface area contributed by atoms with Crippen molar-refractivity contribution < 1.29 is 4.42 Å². The van der Waals surface area contributed by atoms with Gasteiger partial charge in [-0.15, -0.1) is 0 Å². The van der Waals surface area contributed by atoms with Crippen molar-refractivity contribution >= 4 is 33.5 Å². The van der Waals surface area contributed by atoms with Crippen LogP contribution >= 0.6 is 11.6 Å². The molecule has 3 aromatic rings. The van der Waals surface area contributed by atoms with E-state index in [1.165, 1.54) is 0 Å². The molecule has 0 bridgehead atoms. The summed E-state index contributed by atoms with van der Waals surface area (Å²) < 4.78 is 5.15. The molecule has 0 saturated carbocycles. The number of aromatic nitrogens is 1. The topological polar surface area (TPSA) is 43.1 Å². The first kappa shape index (κ1) is 9.36. The summed E-state index contributed by atoms with van der Waals surface area (Å²) in [6.45, 7) is 0. The third kappa shape index (κ3) is 1.29. The van der Waals surface area contributed by atoms with E-state index in [1.54, 1.807) is 36.5 Å². The van der Waals surface area contributed by atoms with Crippen molar-refractivity contribution in [1.82, 2.24) is 4.98 Å². The van der Waals surface area contributed by atoms with Crippen LogP contribution in [-0.4, -0.2) is 4.98 Å². The van der Waals surface area contributed by atoms with Gasteiger partial charge < -0.3 is 4.42 Å². The summed E-state index contributed by atoms with van der Waals surface area (Å²) in [5.74, 6) is 0. The molecule has 16 heavy (non-hydrogen) atoms. The van der Waals surface area contributed by atoms with Crippen LogP contribution in [0.15, 0.2) is 45.7 Å². The zero-order valence-electron chi connectivity index (χ0n) is 8.11. The van der Waals surface area contributed by atoms with Gasteiger partial charge in [0.15, 0.2) is 5.58 Å². The van der Waals surface area contributed by atoms with Crippen molar-refractivity contribution in [3.8, 4) is 0 Å². The summed E-state index contributed by atoms with van der Waals surface area (Å²) in [6, 6.07) is 8.56. The Bertz CT molecular complexity index is 749. The van der Waals surface area contributed by atoms with E-state index in [9.17, 15) is 4.79 Å². The van der Waals surface area contributed by atoms with Crippen LogP contribution in [0.4, 0.5) is 0 Å². The number of pyridine rings is 1. The van der Waals surface area contributed by atoms with Crippen LogP contribution < -0.4 is 5.63 Å². The molecule has 2 aromatic heterocycles. The highest BCUT2D eigenvalue weighted by Crippen LogP contribution is 2.22. The van der Waals surface area contributed by atoms with Gasteiger partial charge in [-0.2, -0.15) is 0 Å². The second kappa shape index (κ2) is 3.32. The van der Waals surface area contributed by atoms with Crippen molar-refractivity contribution in [2.24, 2.45) is 0 Å². The number of rotatable bonds is 0. The van der Waals surface area contributed by atoms with Gasteiger partial charge >= 0.3 is 5.63 Å². The highest BCUT2D eigenvalue weighted by molar-refractivity contribution is 6.31. The summed E-state index contributed by atoms with van der Waals surface area (Å²) in [6.07, 6.45) is 1.66. The first-order valence-corrected chi connectivity index (χ1v) is 5.10. The highest BCUT2D eigenvalue weighted by Gasteiger charge is 2.07. The van der Waals surface area contributed by atoms with Crippen LogP contribution in [-0.2, 0) is 0 Å². The standard InChI is InChI=1S/C12H6ClNO2/c13-7-3-4-8-9(6-7)12(15)16-10-2-1-5-14-11(8)10/h1-6H. The van der Waals surface area contributed by atoms with Gasteiger partial charge in [0.25, 0.3) is 0 Å². The second-order valence-corrected chi connectivity index (χ2v) is 3.87. The van der Waals surface area contributed by atoms with Crippen molar-refractivity contribution in [3.05, 3.63) is 52.0 Å². The molecular formula is C12H6ClNO2. The molecule has 0 saturated heterocycles. The lowest BCUT2D eigenvalue weighted by atomic mass is 10.1. The van der Waals surface area contributed by atoms with Gasteiger partial charge in [0.1, 0.15) is 5.52 Å². The number of hydrogen-bond acceptors (Lipinski definition) is 3. The van der Waals surface area contributed by atoms with E-state index in [0.717, 1.165) is 5.39 Å². The molecule has 0 aliphatic rings. The fourth-order valence-electron chi connectivity index (χ4n) is 1.72. The van der Waals surface area contributed by atoms with E-state index < -0.39 is 5.63 Å². The summed E-state index contributed by atoms with van der Waals surface area (Å²) in [5, 5.41) is 1.73. The minimum atomic E-state index is -0.391. The van der Waals surface area contributed by atoms with Crippen molar-refractivity contribution in [2.45, 2.75) is 0 Å². The predicted molar refractivity (Wildman–Crippen MR) is 62.8 cm³/mol. The molecule has 0 spiro atoms. The van der Waals surface area contributed by atoms with Crippen molar-refractivity contribution in [2.75, 3.05) is 0 Å². The molecule has 2 heterocycles. The van der Waals surface area contributed by atoms with E-state index in [-0.39, 0.29) is 0 Å². The van der Waals surface area contributed by atoms with E-state index >= 15 is 0 Å². The molecule has 0 radical (unpaired) electrons. The summed E-state index contributed by atoms with van der Waals surface area (Å²) in [7, 11) is 0. The molecule has 4 heteroatoms. The molecule has 1 aromatic carbocycles. The van der Waals surface area contributed by atoms with Gasteiger partial charge in [-0.05, 0) is 24.3 Å². The maximum Gasteiger partial charge on any atom is 0.344 e. The Morgan fingerprint density at radius 2 is 2.06 bits per heavy atom. The average molecular weight is 232 g/mol. The molecule has 0 aliphatic carbocycles. The van der Waals surface area contributed by atoms with Crippen LogP contribution in [0.2, 0.25) is 5.02 Å². The first-order valence-electron chi connectivity index (χ1n) is 4.73. The van der Waals surface area contributed by atoms with E-state index in [4.69, 9.17) is 16.0 Å². The quantitative estimate of drug-likeness (QED) is 0.559. The van der Waals surface area contributed by atoms with Gasteiger partial charge in [-0.1, -0.05) is 17.7 Å². The molecule has 78 valence electrons. The Morgan fingerprint density at radius 3 is 2.94 bits per heavy atom. The predicted octanol–water partition coefficient (Wildman–Crippen LogP) is 2.99. The molecule has 0 atom stereocenters. The van der Waals surface area contributed by atoms with Gasteiger partial charge in [0.05, 0.1) is 5.39 Å². The first-order chi connectivity index (χ1) is 7.75. The smallest absolute Gasteiger partial charge is 0.344 e. The lowest BCUT2D eigenvalue weighted by molar-refractivity contribution is 0.568. The fraction of sp³-hybridized carbons (Fsp3) is 0. The van der Waals surface area contributed by atoms with E-state index in [0.29, 0.717) is 21.5 Å². The Labute approximate surface area is 95.3 Å². The number of benzene rings is 1. The van der Waals surface area contributed by atoms with Crippen LogP contribution in [0.1, 0.15) is 0 Å². The Kier molecular flexibility index (Phi) is 1.94.